The van der Waals surface area contributed by atoms with Gasteiger partial charge in [-0.15, -0.1) is 0 Å². The summed E-state index contributed by atoms with van der Waals surface area (Å²) in [5.74, 6) is 0.373. The van der Waals surface area contributed by atoms with Crippen LogP contribution in [0.25, 0.3) is 0 Å². The number of carbonyl (C=O) groups excluding carboxylic acids is 1. The van der Waals surface area contributed by atoms with Crippen molar-refractivity contribution in [2.45, 2.75) is 26.4 Å². The Morgan fingerprint density at radius 1 is 1.24 bits per heavy atom. The monoisotopic (exact) mass is 345 g/mol. The molecule has 0 aliphatic carbocycles. The predicted octanol–water partition coefficient (Wildman–Crippen LogP) is 2.79. The zero-order valence-electron chi connectivity index (χ0n) is 15.0. The second-order valence-electron chi connectivity index (χ2n) is 6.18. The zero-order chi connectivity index (χ0) is 18.1. The highest BCUT2D eigenvalue weighted by molar-refractivity contribution is 5.88. The molecule has 2 rings (SSSR count). The summed E-state index contributed by atoms with van der Waals surface area (Å²) in [7, 11) is 1.64. The van der Waals surface area contributed by atoms with Gasteiger partial charge in [-0.1, -0.05) is 32.0 Å². The first-order valence-corrected chi connectivity index (χ1v) is 8.46. The highest BCUT2D eigenvalue weighted by Gasteiger charge is 2.14. The standard InChI is InChI=1S/C18H27N5O2/c1-14(2)17(21-15-7-5-4-6-8-15)12-19-18(24)22-16-11-20-23(13-16)9-10-25-3/h4-8,11,13-14,17,21H,9-10,12H2,1-3H3,(H2,19,22,24). The highest BCUT2D eigenvalue weighted by Crippen LogP contribution is 2.12. The zero-order valence-corrected chi connectivity index (χ0v) is 15.0. The molecule has 7 heteroatoms. The molecule has 0 saturated heterocycles. The first kappa shape index (κ1) is 18.8. The van der Waals surface area contributed by atoms with E-state index in [1.54, 1.807) is 24.2 Å². The van der Waals surface area contributed by atoms with Crippen molar-refractivity contribution in [2.24, 2.45) is 5.92 Å². The Kier molecular flexibility index (Phi) is 7.28. The fourth-order valence-electron chi connectivity index (χ4n) is 2.32. The van der Waals surface area contributed by atoms with E-state index in [9.17, 15) is 4.79 Å². The van der Waals surface area contributed by atoms with Crippen LogP contribution in [0.2, 0.25) is 0 Å². The molecule has 1 heterocycles. The molecule has 0 bridgehead atoms. The van der Waals surface area contributed by atoms with Crippen LogP contribution in [-0.2, 0) is 11.3 Å². The number of methoxy groups -OCH3 is 1. The van der Waals surface area contributed by atoms with E-state index >= 15 is 0 Å². The average Bonchev–Trinajstić information content (AvgIpc) is 3.04. The maximum Gasteiger partial charge on any atom is 0.319 e. The summed E-state index contributed by atoms with van der Waals surface area (Å²) in [6, 6.07) is 9.88. The molecule has 25 heavy (non-hydrogen) atoms. The second-order valence-corrected chi connectivity index (χ2v) is 6.18. The molecule has 0 saturated carbocycles. The number of urea groups is 1. The third kappa shape index (κ3) is 6.46. The lowest BCUT2D eigenvalue weighted by Crippen LogP contribution is -2.41. The number of anilines is 2. The van der Waals surface area contributed by atoms with E-state index in [0.29, 0.717) is 31.3 Å². The van der Waals surface area contributed by atoms with Crippen LogP contribution in [0.1, 0.15) is 13.8 Å². The summed E-state index contributed by atoms with van der Waals surface area (Å²) in [5, 5.41) is 13.3. The molecule has 7 nitrogen and oxygen atoms in total. The smallest absolute Gasteiger partial charge is 0.319 e. The van der Waals surface area contributed by atoms with Crippen molar-refractivity contribution in [3.63, 3.8) is 0 Å². The van der Waals surface area contributed by atoms with Crippen LogP contribution >= 0.6 is 0 Å². The molecular weight excluding hydrogens is 318 g/mol. The van der Waals surface area contributed by atoms with Crippen molar-refractivity contribution in [3.05, 3.63) is 42.7 Å². The molecule has 1 atom stereocenters. The number of nitrogens with zero attached hydrogens (tertiary/aromatic N) is 2. The van der Waals surface area contributed by atoms with Gasteiger partial charge in [0.2, 0.25) is 0 Å². The number of aromatic nitrogens is 2. The number of amides is 2. The molecule has 3 N–H and O–H groups in total. The summed E-state index contributed by atoms with van der Waals surface area (Å²) in [5.41, 5.74) is 1.70. The van der Waals surface area contributed by atoms with Gasteiger partial charge in [0, 0.05) is 31.6 Å². The highest BCUT2D eigenvalue weighted by atomic mass is 16.5. The van der Waals surface area contributed by atoms with Gasteiger partial charge in [0.15, 0.2) is 0 Å². The lowest BCUT2D eigenvalue weighted by molar-refractivity contribution is 0.183. The normalized spacial score (nSPS) is 12.0. The number of carbonyl (C=O) groups is 1. The molecule has 0 radical (unpaired) electrons. The largest absolute Gasteiger partial charge is 0.383 e. The number of para-hydroxylation sites is 1. The molecular formula is C18H27N5O2. The third-order valence-electron chi connectivity index (χ3n) is 3.83. The Labute approximate surface area is 148 Å². The van der Waals surface area contributed by atoms with E-state index in [1.165, 1.54) is 0 Å². The van der Waals surface area contributed by atoms with Gasteiger partial charge in [-0.05, 0) is 18.1 Å². The Hall–Kier alpha value is -2.54. The number of hydrogen-bond acceptors (Lipinski definition) is 4. The summed E-state index contributed by atoms with van der Waals surface area (Å²) >= 11 is 0. The fourth-order valence-corrected chi connectivity index (χ4v) is 2.32. The number of rotatable bonds is 9. The molecule has 1 aromatic heterocycles. The van der Waals surface area contributed by atoms with Crippen molar-refractivity contribution in [1.82, 2.24) is 15.1 Å². The predicted molar refractivity (Wildman–Crippen MR) is 99.8 cm³/mol. The minimum atomic E-state index is -0.244. The molecule has 0 spiro atoms. The fraction of sp³-hybridized carbons (Fsp3) is 0.444. The first-order valence-electron chi connectivity index (χ1n) is 8.46. The van der Waals surface area contributed by atoms with Gasteiger partial charge in [0.05, 0.1) is 25.0 Å². The third-order valence-corrected chi connectivity index (χ3v) is 3.83. The van der Waals surface area contributed by atoms with E-state index in [1.807, 2.05) is 30.3 Å². The molecule has 136 valence electrons. The van der Waals surface area contributed by atoms with Crippen LogP contribution in [0.15, 0.2) is 42.7 Å². The molecule has 0 aliphatic rings. The van der Waals surface area contributed by atoms with Crippen molar-refractivity contribution in [3.8, 4) is 0 Å². The van der Waals surface area contributed by atoms with E-state index in [2.05, 4.69) is 34.9 Å². The maximum atomic E-state index is 12.1. The SMILES string of the molecule is COCCn1cc(NC(=O)NCC(Nc2ccccc2)C(C)C)cn1. The van der Waals surface area contributed by atoms with Crippen LogP contribution in [0.5, 0.6) is 0 Å². The average molecular weight is 345 g/mol. The Morgan fingerprint density at radius 3 is 2.68 bits per heavy atom. The van der Waals surface area contributed by atoms with Crippen molar-refractivity contribution in [1.29, 1.82) is 0 Å². The van der Waals surface area contributed by atoms with Gasteiger partial charge in [0.1, 0.15) is 0 Å². The summed E-state index contributed by atoms with van der Waals surface area (Å²) < 4.78 is 6.73. The van der Waals surface area contributed by atoms with E-state index < -0.39 is 0 Å². The number of nitrogens with one attached hydrogen (secondary N) is 3. The van der Waals surface area contributed by atoms with Gasteiger partial charge in [-0.3, -0.25) is 4.68 Å². The molecule has 2 amide bonds. The Bertz CT molecular complexity index is 642. The topological polar surface area (TPSA) is 80.2 Å². The summed E-state index contributed by atoms with van der Waals surface area (Å²) in [6.45, 7) is 6.00. The molecule has 0 fully saturated rings. The van der Waals surface area contributed by atoms with Crippen molar-refractivity contribution < 1.29 is 9.53 Å². The number of hydrogen-bond donors (Lipinski definition) is 3. The number of ether oxygens (including phenoxy) is 1. The number of benzene rings is 1. The molecule has 2 aromatic rings. The minimum absolute atomic E-state index is 0.137. The summed E-state index contributed by atoms with van der Waals surface area (Å²) in [6.07, 6.45) is 3.40. The van der Waals surface area contributed by atoms with Gasteiger partial charge in [0.25, 0.3) is 0 Å². The quantitative estimate of drug-likeness (QED) is 0.653. The Balaban J connectivity index is 1.81. The minimum Gasteiger partial charge on any atom is -0.383 e. The van der Waals surface area contributed by atoms with Gasteiger partial charge in [-0.2, -0.15) is 5.10 Å². The van der Waals surface area contributed by atoms with Gasteiger partial charge >= 0.3 is 6.03 Å². The van der Waals surface area contributed by atoms with E-state index in [0.717, 1.165) is 5.69 Å². The lowest BCUT2D eigenvalue weighted by atomic mass is 10.0. The molecule has 1 unspecified atom stereocenters. The van der Waals surface area contributed by atoms with E-state index in [-0.39, 0.29) is 12.1 Å². The van der Waals surface area contributed by atoms with Crippen LogP contribution < -0.4 is 16.0 Å². The maximum absolute atomic E-state index is 12.1. The lowest BCUT2D eigenvalue weighted by Gasteiger charge is -2.24. The molecule has 0 aliphatic heterocycles. The van der Waals surface area contributed by atoms with Crippen molar-refractivity contribution >= 4 is 17.4 Å². The van der Waals surface area contributed by atoms with Crippen LogP contribution in [0.4, 0.5) is 16.2 Å². The Morgan fingerprint density at radius 2 is 2.00 bits per heavy atom. The van der Waals surface area contributed by atoms with Gasteiger partial charge in [-0.25, -0.2) is 4.79 Å². The van der Waals surface area contributed by atoms with E-state index in [4.69, 9.17) is 4.74 Å². The van der Waals surface area contributed by atoms with Crippen LogP contribution in [-0.4, -0.2) is 42.1 Å². The second kappa shape index (κ2) is 9.68. The van der Waals surface area contributed by atoms with Crippen molar-refractivity contribution in [2.75, 3.05) is 30.9 Å². The van der Waals surface area contributed by atoms with Crippen LogP contribution in [0, 0.1) is 5.92 Å². The van der Waals surface area contributed by atoms with Gasteiger partial charge < -0.3 is 20.7 Å². The summed E-state index contributed by atoms with van der Waals surface area (Å²) in [4.78, 5) is 12.1. The first-order chi connectivity index (χ1) is 12.1. The van der Waals surface area contributed by atoms with Crippen LogP contribution in [0.3, 0.4) is 0 Å². The molecule has 1 aromatic carbocycles.